The van der Waals surface area contributed by atoms with Crippen LogP contribution in [0.15, 0.2) is 12.2 Å². The quantitative estimate of drug-likeness (QED) is 0.442. The van der Waals surface area contributed by atoms with Gasteiger partial charge in [-0.15, -0.1) is 0 Å². The molecule has 0 aromatic rings. The van der Waals surface area contributed by atoms with Gasteiger partial charge in [0.1, 0.15) is 0 Å². The minimum absolute atomic E-state index is 0.948. The van der Waals surface area contributed by atoms with E-state index in [4.69, 9.17) is 0 Å². The Morgan fingerprint density at radius 3 is 2.53 bits per heavy atom. The zero-order chi connectivity index (χ0) is 11.5. The minimum atomic E-state index is 0.948. The van der Waals surface area contributed by atoms with Crippen LogP contribution >= 0.6 is 0 Å². The van der Waals surface area contributed by atoms with Crippen molar-refractivity contribution in [1.29, 1.82) is 0 Å². The van der Waals surface area contributed by atoms with E-state index in [1.165, 1.54) is 37.8 Å². The van der Waals surface area contributed by atoms with Crippen LogP contribution in [0.3, 0.4) is 0 Å². The molecule has 1 N–H and O–H groups in total. The summed E-state index contributed by atoms with van der Waals surface area (Å²) in [5.74, 6) is 0. The number of hydrogen-bond donors (Lipinski definition) is 1. The lowest BCUT2D eigenvalue weighted by Gasteiger charge is -2.16. The summed E-state index contributed by atoms with van der Waals surface area (Å²) in [6.07, 6.45) is 5.41. The Kier molecular flexibility index (Phi) is 9.96. The van der Waals surface area contributed by atoms with Crippen molar-refractivity contribution in [2.24, 2.45) is 0 Å². The summed E-state index contributed by atoms with van der Waals surface area (Å²) < 4.78 is 0. The molecule has 0 saturated carbocycles. The van der Waals surface area contributed by atoms with Crippen molar-refractivity contribution in [2.45, 2.75) is 39.5 Å². The standard InChI is InChI=1S/C13H28N2/c1-5-6-7-8-10-15(4)11-9-14-12-13(2)3/h14H,2,5-12H2,1,3-4H3. The van der Waals surface area contributed by atoms with Gasteiger partial charge in [-0.05, 0) is 26.9 Å². The maximum Gasteiger partial charge on any atom is 0.0159 e. The van der Waals surface area contributed by atoms with E-state index in [0.717, 1.165) is 19.6 Å². The highest BCUT2D eigenvalue weighted by molar-refractivity contribution is 4.90. The second kappa shape index (κ2) is 10.2. The highest BCUT2D eigenvalue weighted by atomic mass is 15.1. The van der Waals surface area contributed by atoms with E-state index in [-0.39, 0.29) is 0 Å². The minimum Gasteiger partial charge on any atom is -0.312 e. The summed E-state index contributed by atoms with van der Waals surface area (Å²) in [5.41, 5.74) is 1.21. The van der Waals surface area contributed by atoms with Crippen LogP contribution in [0, 0.1) is 0 Å². The van der Waals surface area contributed by atoms with Crippen LogP contribution in [0.4, 0.5) is 0 Å². The van der Waals surface area contributed by atoms with Crippen molar-refractivity contribution in [2.75, 3.05) is 33.2 Å². The van der Waals surface area contributed by atoms with Crippen molar-refractivity contribution < 1.29 is 0 Å². The van der Waals surface area contributed by atoms with Gasteiger partial charge in [0.15, 0.2) is 0 Å². The summed E-state index contributed by atoms with van der Waals surface area (Å²) in [7, 11) is 2.20. The van der Waals surface area contributed by atoms with Crippen LogP contribution in [-0.2, 0) is 0 Å². The molecule has 0 radical (unpaired) electrons. The van der Waals surface area contributed by atoms with Gasteiger partial charge in [0.05, 0.1) is 0 Å². The number of unbranched alkanes of at least 4 members (excludes halogenated alkanes) is 3. The highest BCUT2D eigenvalue weighted by Crippen LogP contribution is 1.99. The Labute approximate surface area is 95.7 Å². The van der Waals surface area contributed by atoms with Gasteiger partial charge in [0.2, 0.25) is 0 Å². The van der Waals surface area contributed by atoms with E-state index in [0.29, 0.717) is 0 Å². The molecule has 90 valence electrons. The molecular weight excluding hydrogens is 184 g/mol. The van der Waals surface area contributed by atoms with Gasteiger partial charge in [0.25, 0.3) is 0 Å². The zero-order valence-electron chi connectivity index (χ0n) is 10.8. The lowest BCUT2D eigenvalue weighted by atomic mass is 10.2. The zero-order valence-corrected chi connectivity index (χ0v) is 10.8. The third-order valence-electron chi connectivity index (χ3n) is 2.49. The van der Waals surface area contributed by atoms with Crippen molar-refractivity contribution >= 4 is 0 Å². The van der Waals surface area contributed by atoms with E-state index in [1.807, 2.05) is 0 Å². The van der Waals surface area contributed by atoms with E-state index >= 15 is 0 Å². The first-order valence-electron chi connectivity index (χ1n) is 6.20. The fourth-order valence-electron chi connectivity index (χ4n) is 1.49. The molecule has 0 amide bonds. The smallest absolute Gasteiger partial charge is 0.0159 e. The molecule has 0 rings (SSSR count). The summed E-state index contributed by atoms with van der Waals surface area (Å²) in [4.78, 5) is 2.40. The predicted molar refractivity (Wildman–Crippen MR) is 69.3 cm³/mol. The Bertz CT molecular complexity index is 155. The van der Waals surface area contributed by atoms with Gasteiger partial charge in [-0.3, -0.25) is 0 Å². The lowest BCUT2D eigenvalue weighted by Crippen LogP contribution is -2.30. The molecule has 0 aromatic carbocycles. The first-order valence-corrected chi connectivity index (χ1v) is 6.20. The molecule has 0 spiro atoms. The molecule has 0 unspecified atom stereocenters. The third-order valence-corrected chi connectivity index (χ3v) is 2.49. The highest BCUT2D eigenvalue weighted by Gasteiger charge is 1.97. The van der Waals surface area contributed by atoms with Crippen molar-refractivity contribution in [3.63, 3.8) is 0 Å². The van der Waals surface area contributed by atoms with Crippen molar-refractivity contribution in [3.8, 4) is 0 Å². The molecule has 0 atom stereocenters. The summed E-state index contributed by atoms with van der Waals surface area (Å²) in [5, 5.41) is 3.38. The van der Waals surface area contributed by atoms with Crippen LogP contribution in [0.1, 0.15) is 39.5 Å². The molecule has 0 aromatic heterocycles. The van der Waals surface area contributed by atoms with Crippen LogP contribution < -0.4 is 5.32 Å². The van der Waals surface area contributed by atoms with Crippen LogP contribution in [0.25, 0.3) is 0 Å². The topological polar surface area (TPSA) is 15.3 Å². The van der Waals surface area contributed by atoms with Gasteiger partial charge in [-0.2, -0.15) is 0 Å². The molecule has 2 heteroatoms. The molecule has 0 aliphatic rings. The molecular formula is C13H28N2. The number of nitrogens with one attached hydrogen (secondary N) is 1. The van der Waals surface area contributed by atoms with Crippen molar-refractivity contribution in [3.05, 3.63) is 12.2 Å². The Hall–Kier alpha value is -0.340. The molecule has 0 saturated heterocycles. The summed E-state index contributed by atoms with van der Waals surface area (Å²) in [6, 6.07) is 0. The monoisotopic (exact) mass is 212 g/mol. The van der Waals surface area contributed by atoms with E-state index in [1.54, 1.807) is 0 Å². The number of hydrogen-bond acceptors (Lipinski definition) is 2. The SMILES string of the molecule is C=C(C)CNCCN(C)CCCCCC. The number of nitrogens with zero attached hydrogens (tertiary/aromatic N) is 1. The molecule has 0 aliphatic carbocycles. The molecule has 0 fully saturated rings. The summed E-state index contributed by atoms with van der Waals surface area (Å²) >= 11 is 0. The molecule has 0 bridgehead atoms. The normalized spacial score (nSPS) is 10.9. The van der Waals surface area contributed by atoms with Crippen LogP contribution in [0.2, 0.25) is 0 Å². The average Bonchev–Trinajstić information content (AvgIpc) is 2.19. The van der Waals surface area contributed by atoms with Crippen molar-refractivity contribution in [1.82, 2.24) is 10.2 Å². The average molecular weight is 212 g/mol. The fourth-order valence-corrected chi connectivity index (χ4v) is 1.49. The number of likely N-dealkylation sites (N-methyl/N-ethyl adjacent to an activating group) is 1. The van der Waals surface area contributed by atoms with Crippen LogP contribution in [-0.4, -0.2) is 38.1 Å². The molecule has 2 nitrogen and oxygen atoms in total. The van der Waals surface area contributed by atoms with E-state index in [2.05, 4.69) is 37.7 Å². The number of rotatable bonds is 10. The van der Waals surface area contributed by atoms with Gasteiger partial charge in [-0.25, -0.2) is 0 Å². The Morgan fingerprint density at radius 2 is 1.93 bits per heavy atom. The summed E-state index contributed by atoms with van der Waals surface area (Å²) in [6.45, 7) is 12.6. The van der Waals surface area contributed by atoms with Gasteiger partial charge in [-0.1, -0.05) is 38.3 Å². The lowest BCUT2D eigenvalue weighted by molar-refractivity contribution is 0.323. The van der Waals surface area contributed by atoms with Gasteiger partial charge in [0, 0.05) is 19.6 Å². The Morgan fingerprint density at radius 1 is 1.20 bits per heavy atom. The second-order valence-electron chi connectivity index (χ2n) is 4.50. The van der Waals surface area contributed by atoms with E-state index < -0.39 is 0 Å². The third kappa shape index (κ3) is 11.6. The fraction of sp³-hybridized carbons (Fsp3) is 0.846. The van der Waals surface area contributed by atoms with Crippen LogP contribution in [0.5, 0.6) is 0 Å². The van der Waals surface area contributed by atoms with Gasteiger partial charge < -0.3 is 10.2 Å². The van der Waals surface area contributed by atoms with Gasteiger partial charge >= 0.3 is 0 Å². The van der Waals surface area contributed by atoms with E-state index in [9.17, 15) is 0 Å². The first-order chi connectivity index (χ1) is 7.16. The molecule has 0 heterocycles. The maximum absolute atomic E-state index is 3.87. The Balaban J connectivity index is 3.18. The second-order valence-corrected chi connectivity index (χ2v) is 4.50. The first kappa shape index (κ1) is 14.7. The molecule has 0 aliphatic heterocycles. The predicted octanol–water partition coefficient (Wildman–Crippen LogP) is 2.66. The molecule has 15 heavy (non-hydrogen) atoms. The maximum atomic E-state index is 3.87. The largest absolute Gasteiger partial charge is 0.312 e.